The van der Waals surface area contributed by atoms with Crippen LogP contribution in [-0.4, -0.2) is 24.4 Å². The molecule has 17 heavy (non-hydrogen) atoms. The first kappa shape index (κ1) is 12.1. The van der Waals surface area contributed by atoms with Crippen LogP contribution in [0.25, 0.3) is 0 Å². The molecule has 94 valence electrons. The minimum atomic E-state index is -0.714. The molecule has 2 rings (SSSR count). The first-order chi connectivity index (χ1) is 8.19. The summed E-state index contributed by atoms with van der Waals surface area (Å²) in [6, 6.07) is 1.72. The van der Waals surface area contributed by atoms with Crippen molar-refractivity contribution in [1.29, 1.82) is 0 Å². The standard InChI is InChI=1S/C12H17FN2O2/c1-16-12-6-15-9(5-11(12)14)7-17-10-3-2-8(13)4-10/h5-6,8,10H,2-4,7H2,1H3,(H2,14,15). The number of nitrogens with zero attached hydrogens (tertiary/aromatic N) is 1. The molecule has 1 aliphatic carbocycles. The highest BCUT2D eigenvalue weighted by Crippen LogP contribution is 2.26. The van der Waals surface area contributed by atoms with Gasteiger partial charge in [-0.1, -0.05) is 0 Å². The van der Waals surface area contributed by atoms with E-state index in [1.165, 1.54) is 0 Å². The molecule has 1 aromatic heterocycles. The minimum absolute atomic E-state index is 0.00938. The summed E-state index contributed by atoms with van der Waals surface area (Å²) in [5.74, 6) is 0.554. The first-order valence-corrected chi connectivity index (χ1v) is 5.73. The fourth-order valence-electron chi connectivity index (χ4n) is 2.00. The topological polar surface area (TPSA) is 57.4 Å². The second-order valence-corrected chi connectivity index (χ2v) is 4.26. The number of pyridine rings is 1. The van der Waals surface area contributed by atoms with Crippen LogP contribution in [-0.2, 0) is 11.3 Å². The molecule has 0 amide bonds. The van der Waals surface area contributed by atoms with Crippen LogP contribution >= 0.6 is 0 Å². The Bertz CT molecular complexity index is 387. The molecule has 0 aromatic carbocycles. The SMILES string of the molecule is COc1cnc(COC2CCC(F)C2)cc1N. The monoisotopic (exact) mass is 240 g/mol. The molecule has 1 aromatic rings. The summed E-state index contributed by atoms with van der Waals surface area (Å²) >= 11 is 0. The molecule has 4 nitrogen and oxygen atoms in total. The Kier molecular flexibility index (Phi) is 3.78. The van der Waals surface area contributed by atoms with Gasteiger partial charge < -0.3 is 15.2 Å². The maximum atomic E-state index is 12.9. The van der Waals surface area contributed by atoms with Gasteiger partial charge in [0.15, 0.2) is 5.75 Å². The second-order valence-electron chi connectivity index (χ2n) is 4.26. The van der Waals surface area contributed by atoms with Gasteiger partial charge in [0, 0.05) is 6.42 Å². The summed E-state index contributed by atoms with van der Waals surface area (Å²) in [6.07, 6.45) is 2.74. The lowest BCUT2D eigenvalue weighted by atomic mass is 10.3. The number of methoxy groups -OCH3 is 1. The number of anilines is 1. The molecule has 0 radical (unpaired) electrons. The summed E-state index contributed by atoms with van der Waals surface area (Å²) in [7, 11) is 1.55. The summed E-state index contributed by atoms with van der Waals surface area (Å²) in [5, 5.41) is 0. The third kappa shape index (κ3) is 3.06. The molecule has 0 aliphatic heterocycles. The summed E-state index contributed by atoms with van der Waals surface area (Å²) in [6.45, 7) is 0.367. The predicted molar refractivity (Wildman–Crippen MR) is 62.5 cm³/mol. The van der Waals surface area contributed by atoms with Crippen LogP contribution in [0.2, 0.25) is 0 Å². The lowest BCUT2D eigenvalue weighted by Crippen LogP contribution is -2.09. The zero-order valence-electron chi connectivity index (χ0n) is 9.86. The molecule has 2 atom stereocenters. The Morgan fingerprint density at radius 1 is 1.53 bits per heavy atom. The van der Waals surface area contributed by atoms with Crippen LogP contribution in [0.1, 0.15) is 25.0 Å². The molecule has 1 aliphatic rings. The third-order valence-corrected chi connectivity index (χ3v) is 2.96. The van der Waals surface area contributed by atoms with Gasteiger partial charge in [-0.3, -0.25) is 4.98 Å². The van der Waals surface area contributed by atoms with Gasteiger partial charge in [-0.2, -0.15) is 0 Å². The third-order valence-electron chi connectivity index (χ3n) is 2.96. The van der Waals surface area contributed by atoms with Crippen LogP contribution < -0.4 is 10.5 Å². The summed E-state index contributed by atoms with van der Waals surface area (Å²) in [5.41, 5.74) is 7.04. The second kappa shape index (κ2) is 5.31. The molecule has 1 saturated carbocycles. The highest BCUT2D eigenvalue weighted by atomic mass is 19.1. The van der Waals surface area contributed by atoms with E-state index in [0.717, 1.165) is 12.1 Å². The molecule has 0 spiro atoms. The predicted octanol–water partition coefficient (Wildman–Crippen LogP) is 2.08. The van der Waals surface area contributed by atoms with E-state index in [0.29, 0.717) is 30.9 Å². The lowest BCUT2D eigenvalue weighted by molar-refractivity contribution is 0.0396. The van der Waals surface area contributed by atoms with E-state index in [2.05, 4.69) is 4.98 Å². The first-order valence-electron chi connectivity index (χ1n) is 5.73. The van der Waals surface area contributed by atoms with E-state index in [9.17, 15) is 4.39 Å². The molecular weight excluding hydrogens is 223 g/mol. The van der Waals surface area contributed by atoms with Crippen LogP contribution in [0.4, 0.5) is 10.1 Å². The maximum absolute atomic E-state index is 12.9. The van der Waals surface area contributed by atoms with Gasteiger partial charge in [-0.25, -0.2) is 4.39 Å². The van der Waals surface area contributed by atoms with Crippen molar-refractivity contribution in [3.8, 4) is 5.75 Å². The van der Waals surface area contributed by atoms with Crippen LogP contribution in [0.5, 0.6) is 5.75 Å². The normalized spacial score (nSPS) is 23.9. The van der Waals surface area contributed by atoms with Crippen molar-refractivity contribution in [1.82, 2.24) is 4.98 Å². The van der Waals surface area contributed by atoms with E-state index in [4.69, 9.17) is 15.2 Å². The lowest BCUT2D eigenvalue weighted by Gasteiger charge is -2.11. The van der Waals surface area contributed by atoms with E-state index in [1.54, 1.807) is 19.4 Å². The van der Waals surface area contributed by atoms with E-state index in [1.807, 2.05) is 0 Å². The number of alkyl halides is 1. The van der Waals surface area contributed by atoms with Crippen molar-refractivity contribution in [2.75, 3.05) is 12.8 Å². The number of nitrogen functional groups attached to an aromatic ring is 1. The number of rotatable bonds is 4. The van der Waals surface area contributed by atoms with Crippen molar-refractivity contribution in [3.05, 3.63) is 18.0 Å². The maximum Gasteiger partial charge on any atom is 0.160 e. The fraction of sp³-hybridized carbons (Fsp3) is 0.583. The largest absolute Gasteiger partial charge is 0.493 e. The van der Waals surface area contributed by atoms with E-state index in [-0.39, 0.29) is 6.10 Å². The average Bonchev–Trinajstić information content (AvgIpc) is 2.73. The van der Waals surface area contributed by atoms with Crippen LogP contribution in [0.3, 0.4) is 0 Å². The Balaban J connectivity index is 1.88. The number of hydrogen-bond acceptors (Lipinski definition) is 4. The van der Waals surface area contributed by atoms with Crippen LogP contribution in [0.15, 0.2) is 12.3 Å². The fourth-order valence-corrected chi connectivity index (χ4v) is 2.00. The molecule has 5 heteroatoms. The van der Waals surface area contributed by atoms with Crippen molar-refractivity contribution < 1.29 is 13.9 Å². The Morgan fingerprint density at radius 2 is 2.35 bits per heavy atom. The van der Waals surface area contributed by atoms with E-state index >= 15 is 0 Å². The van der Waals surface area contributed by atoms with Gasteiger partial charge in [0.1, 0.15) is 6.17 Å². The smallest absolute Gasteiger partial charge is 0.160 e. The summed E-state index contributed by atoms with van der Waals surface area (Å²) in [4.78, 5) is 4.17. The van der Waals surface area contributed by atoms with Crippen molar-refractivity contribution in [2.45, 2.75) is 38.1 Å². The Morgan fingerprint density at radius 3 is 2.94 bits per heavy atom. The van der Waals surface area contributed by atoms with Crippen LogP contribution in [0, 0.1) is 0 Å². The number of halogens is 1. The molecule has 1 heterocycles. The van der Waals surface area contributed by atoms with Gasteiger partial charge in [0.2, 0.25) is 0 Å². The molecule has 0 bridgehead atoms. The van der Waals surface area contributed by atoms with Crippen molar-refractivity contribution >= 4 is 5.69 Å². The van der Waals surface area contributed by atoms with E-state index < -0.39 is 6.17 Å². The molecule has 1 fully saturated rings. The highest BCUT2D eigenvalue weighted by molar-refractivity contribution is 5.51. The van der Waals surface area contributed by atoms with Gasteiger partial charge in [0.25, 0.3) is 0 Å². The van der Waals surface area contributed by atoms with Gasteiger partial charge in [-0.15, -0.1) is 0 Å². The molecule has 2 N–H and O–H groups in total. The number of nitrogens with two attached hydrogens (primary N) is 1. The van der Waals surface area contributed by atoms with Crippen molar-refractivity contribution in [3.63, 3.8) is 0 Å². The zero-order valence-corrected chi connectivity index (χ0v) is 9.86. The highest BCUT2D eigenvalue weighted by Gasteiger charge is 2.24. The van der Waals surface area contributed by atoms with Crippen molar-refractivity contribution in [2.24, 2.45) is 0 Å². The quantitative estimate of drug-likeness (QED) is 0.875. The number of ether oxygens (including phenoxy) is 2. The average molecular weight is 240 g/mol. The zero-order chi connectivity index (χ0) is 12.3. The Hall–Kier alpha value is -1.36. The molecule has 2 unspecified atom stereocenters. The number of hydrogen-bond donors (Lipinski definition) is 1. The number of aromatic nitrogens is 1. The van der Waals surface area contributed by atoms with Gasteiger partial charge in [0.05, 0.1) is 37.4 Å². The van der Waals surface area contributed by atoms with Gasteiger partial charge >= 0.3 is 0 Å². The molecule has 0 saturated heterocycles. The van der Waals surface area contributed by atoms with Gasteiger partial charge in [-0.05, 0) is 18.9 Å². The Labute approximate surface area is 99.9 Å². The minimum Gasteiger partial charge on any atom is -0.493 e. The molecular formula is C12H17FN2O2. The summed E-state index contributed by atoms with van der Waals surface area (Å²) < 4.78 is 23.5.